The highest BCUT2D eigenvalue weighted by atomic mass is 16.5. The molecule has 2 heterocycles. The smallest absolute Gasteiger partial charge is 0.232 e. The third-order valence-corrected chi connectivity index (χ3v) is 2.92. The topological polar surface area (TPSA) is 87.1 Å². The first-order valence-electron chi connectivity index (χ1n) is 5.96. The standard InChI is InChI=1S/C14H12N4O2/c1-19-11-5-3-2-4-9(11)13-12(14(15)20-18-13)10-6-7-16-8-17-10/h2-8H,15H2,1H3. The van der Waals surface area contributed by atoms with Crippen LogP contribution in [0.5, 0.6) is 5.75 Å². The van der Waals surface area contributed by atoms with Crippen LogP contribution in [0, 0.1) is 0 Å². The summed E-state index contributed by atoms with van der Waals surface area (Å²) in [5.41, 5.74) is 8.55. The lowest BCUT2D eigenvalue weighted by molar-refractivity contribution is 0.414. The van der Waals surface area contributed by atoms with Crippen LogP contribution < -0.4 is 10.5 Å². The van der Waals surface area contributed by atoms with Crippen molar-refractivity contribution in [2.24, 2.45) is 0 Å². The van der Waals surface area contributed by atoms with Crippen molar-refractivity contribution in [3.05, 3.63) is 42.9 Å². The maximum atomic E-state index is 5.87. The number of nitrogens with two attached hydrogens (primary N) is 1. The van der Waals surface area contributed by atoms with E-state index < -0.39 is 0 Å². The van der Waals surface area contributed by atoms with Crippen molar-refractivity contribution in [1.82, 2.24) is 15.1 Å². The average Bonchev–Trinajstić information content (AvgIpc) is 2.89. The molecule has 2 N–H and O–H groups in total. The van der Waals surface area contributed by atoms with Gasteiger partial charge in [0.2, 0.25) is 5.88 Å². The van der Waals surface area contributed by atoms with Gasteiger partial charge in [-0.15, -0.1) is 0 Å². The van der Waals surface area contributed by atoms with Gasteiger partial charge in [0, 0.05) is 11.8 Å². The summed E-state index contributed by atoms with van der Waals surface area (Å²) in [6.07, 6.45) is 3.09. The van der Waals surface area contributed by atoms with Gasteiger partial charge in [0.1, 0.15) is 17.8 Å². The summed E-state index contributed by atoms with van der Waals surface area (Å²) in [6, 6.07) is 9.27. The van der Waals surface area contributed by atoms with Gasteiger partial charge < -0.3 is 15.0 Å². The molecule has 20 heavy (non-hydrogen) atoms. The quantitative estimate of drug-likeness (QED) is 0.784. The monoisotopic (exact) mass is 268 g/mol. The Morgan fingerprint density at radius 1 is 1.20 bits per heavy atom. The number of methoxy groups -OCH3 is 1. The van der Waals surface area contributed by atoms with Gasteiger partial charge in [0.05, 0.1) is 18.4 Å². The van der Waals surface area contributed by atoms with Crippen LogP contribution in [-0.4, -0.2) is 22.2 Å². The minimum atomic E-state index is 0.213. The summed E-state index contributed by atoms with van der Waals surface area (Å²) in [5.74, 6) is 0.903. The number of ether oxygens (including phenoxy) is 1. The Morgan fingerprint density at radius 2 is 2.05 bits per heavy atom. The summed E-state index contributed by atoms with van der Waals surface area (Å²) in [4.78, 5) is 8.09. The molecule has 0 radical (unpaired) electrons. The van der Waals surface area contributed by atoms with Crippen molar-refractivity contribution >= 4 is 5.88 Å². The molecule has 0 spiro atoms. The first-order chi connectivity index (χ1) is 9.81. The van der Waals surface area contributed by atoms with Crippen molar-refractivity contribution < 1.29 is 9.26 Å². The number of nitrogens with zero attached hydrogens (tertiary/aromatic N) is 3. The third kappa shape index (κ3) is 1.97. The van der Waals surface area contributed by atoms with Crippen LogP contribution >= 0.6 is 0 Å². The first-order valence-corrected chi connectivity index (χ1v) is 5.96. The van der Waals surface area contributed by atoms with E-state index in [2.05, 4.69) is 15.1 Å². The molecule has 0 saturated heterocycles. The van der Waals surface area contributed by atoms with Gasteiger partial charge in [0.15, 0.2) is 0 Å². The molecule has 0 fully saturated rings. The molecule has 3 aromatic rings. The molecular weight excluding hydrogens is 256 g/mol. The summed E-state index contributed by atoms with van der Waals surface area (Å²) < 4.78 is 10.5. The Morgan fingerprint density at radius 3 is 2.80 bits per heavy atom. The molecule has 0 saturated carbocycles. The van der Waals surface area contributed by atoms with E-state index in [-0.39, 0.29) is 5.88 Å². The van der Waals surface area contributed by atoms with Crippen molar-refractivity contribution in [1.29, 1.82) is 0 Å². The van der Waals surface area contributed by atoms with Crippen molar-refractivity contribution in [3.63, 3.8) is 0 Å². The number of nitrogen functional groups attached to an aromatic ring is 1. The predicted molar refractivity (Wildman–Crippen MR) is 73.9 cm³/mol. The lowest BCUT2D eigenvalue weighted by Crippen LogP contribution is -1.92. The molecule has 0 unspecified atom stereocenters. The van der Waals surface area contributed by atoms with Crippen LogP contribution in [-0.2, 0) is 0 Å². The normalized spacial score (nSPS) is 10.4. The van der Waals surface area contributed by atoms with Crippen molar-refractivity contribution in [3.8, 4) is 28.3 Å². The fourth-order valence-electron chi connectivity index (χ4n) is 2.01. The van der Waals surface area contributed by atoms with Gasteiger partial charge in [-0.25, -0.2) is 9.97 Å². The summed E-state index contributed by atoms with van der Waals surface area (Å²) in [6.45, 7) is 0. The number of para-hydroxylation sites is 1. The average molecular weight is 268 g/mol. The third-order valence-electron chi connectivity index (χ3n) is 2.92. The second kappa shape index (κ2) is 5.00. The molecule has 0 bridgehead atoms. The molecule has 0 aliphatic carbocycles. The fraction of sp³-hybridized carbons (Fsp3) is 0.0714. The first kappa shape index (κ1) is 12.2. The Bertz CT molecular complexity index is 725. The predicted octanol–water partition coefficient (Wildman–Crippen LogP) is 2.39. The molecule has 6 heteroatoms. The van der Waals surface area contributed by atoms with Gasteiger partial charge in [0.25, 0.3) is 0 Å². The second-order valence-electron chi connectivity index (χ2n) is 4.07. The van der Waals surface area contributed by atoms with Crippen LogP contribution in [0.1, 0.15) is 0 Å². The van der Waals surface area contributed by atoms with Crippen LogP contribution in [0.3, 0.4) is 0 Å². The summed E-state index contributed by atoms with van der Waals surface area (Å²) in [7, 11) is 1.60. The molecule has 0 amide bonds. The van der Waals surface area contributed by atoms with Crippen LogP contribution in [0.4, 0.5) is 5.88 Å². The SMILES string of the molecule is COc1ccccc1-c1noc(N)c1-c1ccncn1. The minimum Gasteiger partial charge on any atom is -0.496 e. The van der Waals surface area contributed by atoms with E-state index >= 15 is 0 Å². The number of rotatable bonds is 3. The van der Waals surface area contributed by atoms with Crippen LogP contribution in [0.15, 0.2) is 47.4 Å². The summed E-state index contributed by atoms with van der Waals surface area (Å²) >= 11 is 0. The number of aromatic nitrogens is 3. The maximum Gasteiger partial charge on any atom is 0.232 e. The van der Waals surface area contributed by atoms with Crippen LogP contribution in [0.25, 0.3) is 22.5 Å². The lowest BCUT2D eigenvalue weighted by atomic mass is 10.0. The molecule has 0 aliphatic heterocycles. The number of hydrogen-bond donors (Lipinski definition) is 1. The summed E-state index contributed by atoms with van der Waals surface area (Å²) in [5, 5.41) is 4.03. The highest BCUT2D eigenvalue weighted by Gasteiger charge is 2.20. The molecule has 0 aliphatic rings. The molecule has 6 nitrogen and oxygen atoms in total. The fourth-order valence-corrected chi connectivity index (χ4v) is 2.01. The molecular formula is C14H12N4O2. The Balaban J connectivity index is 2.22. The number of anilines is 1. The largest absolute Gasteiger partial charge is 0.496 e. The second-order valence-corrected chi connectivity index (χ2v) is 4.07. The lowest BCUT2D eigenvalue weighted by Gasteiger charge is -2.06. The highest BCUT2D eigenvalue weighted by molar-refractivity contribution is 5.87. The van der Waals surface area contributed by atoms with E-state index in [0.717, 1.165) is 5.56 Å². The molecule has 2 aromatic heterocycles. The van der Waals surface area contributed by atoms with Crippen molar-refractivity contribution in [2.75, 3.05) is 12.8 Å². The number of hydrogen-bond acceptors (Lipinski definition) is 6. The van der Waals surface area contributed by atoms with Gasteiger partial charge >= 0.3 is 0 Å². The zero-order valence-corrected chi connectivity index (χ0v) is 10.8. The number of benzene rings is 1. The molecule has 3 rings (SSSR count). The Labute approximate surface area is 115 Å². The highest BCUT2D eigenvalue weighted by Crippen LogP contribution is 2.38. The zero-order chi connectivity index (χ0) is 13.9. The molecule has 1 aromatic carbocycles. The molecule has 100 valence electrons. The van der Waals surface area contributed by atoms with Crippen LogP contribution in [0.2, 0.25) is 0 Å². The van der Waals surface area contributed by atoms with E-state index in [4.69, 9.17) is 15.0 Å². The Hall–Kier alpha value is -2.89. The van der Waals surface area contributed by atoms with E-state index in [1.807, 2.05) is 24.3 Å². The Kier molecular flexibility index (Phi) is 3.04. The van der Waals surface area contributed by atoms with Gasteiger partial charge in [-0.2, -0.15) is 0 Å². The van der Waals surface area contributed by atoms with E-state index in [1.165, 1.54) is 6.33 Å². The van der Waals surface area contributed by atoms with E-state index in [9.17, 15) is 0 Å². The molecule has 0 atom stereocenters. The minimum absolute atomic E-state index is 0.213. The van der Waals surface area contributed by atoms with Gasteiger partial charge in [-0.3, -0.25) is 0 Å². The maximum absolute atomic E-state index is 5.87. The van der Waals surface area contributed by atoms with Gasteiger partial charge in [-0.05, 0) is 18.2 Å². The van der Waals surface area contributed by atoms with E-state index in [0.29, 0.717) is 22.7 Å². The van der Waals surface area contributed by atoms with Crippen molar-refractivity contribution in [2.45, 2.75) is 0 Å². The zero-order valence-electron chi connectivity index (χ0n) is 10.8. The van der Waals surface area contributed by atoms with E-state index in [1.54, 1.807) is 19.4 Å². The van der Waals surface area contributed by atoms with Gasteiger partial charge in [-0.1, -0.05) is 17.3 Å².